The summed E-state index contributed by atoms with van der Waals surface area (Å²) in [6.45, 7) is 24.9. The van der Waals surface area contributed by atoms with Crippen molar-refractivity contribution in [3.63, 3.8) is 0 Å². The number of aryl methyl sites for hydroxylation is 1. The first-order valence-electron chi connectivity index (χ1n) is 25.4. The summed E-state index contributed by atoms with van der Waals surface area (Å²) in [5.74, 6) is 2.02. The Morgan fingerprint density at radius 3 is 1.69 bits per heavy atom. The van der Waals surface area contributed by atoms with Gasteiger partial charge in [-0.3, -0.25) is 0 Å². The molecule has 6 nitrogen and oxygen atoms in total. The first-order valence-corrected chi connectivity index (χ1v) is 25.4. The number of para-hydroxylation sites is 4. The smallest absolute Gasteiger partial charge is 0.135 e. The molecule has 74 heavy (non-hydrogen) atoms. The molecule has 0 aliphatic carbocycles. The Bertz CT molecular complexity index is 3870. The number of nitrogens with zero attached hydrogens (tertiary/aromatic N) is 5. The molecule has 8 aromatic carbocycles. The van der Waals surface area contributed by atoms with E-state index in [0.29, 0.717) is 11.5 Å². The van der Waals surface area contributed by atoms with Crippen LogP contribution in [-0.2, 0) is 37.3 Å². The van der Waals surface area contributed by atoms with Crippen molar-refractivity contribution in [1.29, 1.82) is 0 Å². The van der Waals surface area contributed by atoms with Gasteiger partial charge in [-0.05, 0) is 111 Å². The van der Waals surface area contributed by atoms with Crippen LogP contribution in [0, 0.1) is 25.7 Å². The fourth-order valence-electron chi connectivity index (χ4n) is 10.5. The fourth-order valence-corrected chi connectivity index (χ4v) is 10.5. The fraction of sp³-hybridized carbons (Fsp3) is 0.194. The molecule has 1 aliphatic heterocycles. The third-order valence-electron chi connectivity index (χ3n) is 14.6. The van der Waals surface area contributed by atoms with Crippen molar-refractivity contribution in [3.8, 4) is 34.1 Å². The molecule has 0 amide bonds. The van der Waals surface area contributed by atoms with Crippen LogP contribution >= 0.6 is 0 Å². The molecule has 0 radical (unpaired) electrons. The van der Waals surface area contributed by atoms with E-state index in [4.69, 9.17) is 9.72 Å². The van der Waals surface area contributed by atoms with Crippen molar-refractivity contribution in [2.24, 2.45) is 0 Å². The molecular weight excluding hydrogens is 1090 g/mol. The molecule has 0 saturated carbocycles. The van der Waals surface area contributed by atoms with Crippen molar-refractivity contribution in [1.82, 2.24) is 14.1 Å². The second kappa shape index (κ2) is 18.2. The van der Waals surface area contributed by atoms with E-state index in [1.54, 1.807) is 0 Å². The van der Waals surface area contributed by atoms with Gasteiger partial charge in [0.05, 0.1) is 11.0 Å². The molecule has 7 heteroatoms. The summed E-state index contributed by atoms with van der Waals surface area (Å²) in [7, 11) is 0. The van der Waals surface area contributed by atoms with E-state index >= 15 is 0 Å². The molecule has 3 aromatic heterocycles. The summed E-state index contributed by atoms with van der Waals surface area (Å²) in [5.41, 5.74) is 16.4. The maximum Gasteiger partial charge on any atom is 0.135 e. The number of benzene rings is 8. The first kappa shape index (κ1) is 48.8. The Hall–Kier alpha value is -7.40. The van der Waals surface area contributed by atoms with Crippen LogP contribution in [0.15, 0.2) is 176 Å². The maximum atomic E-state index is 6.99. The zero-order chi connectivity index (χ0) is 50.6. The number of anilines is 4. The summed E-state index contributed by atoms with van der Waals surface area (Å²) < 4.78 is 11.6. The van der Waals surface area contributed by atoms with E-state index in [-0.39, 0.29) is 37.3 Å². The first-order chi connectivity index (χ1) is 35.0. The van der Waals surface area contributed by atoms with E-state index in [2.05, 4.69) is 265 Å². The van der Waals surface area contributed by atoms with Gasteiger partial charge in [-0.2, -0.15) is 6.07 Å². The topological polar surface area (TPSA) is 38.5 Å². The van der Waals surface area contributed by atoms with Gasteiger partial charge >= 0.3 is 0 Å². The average Bonchev–Trinajstić information content (AvgIpc) is 4.03. The van der Waals surface area contributed by atoms with Gasteiger partial charge in [-0.1, -0.05) is 153 Å². The molecular formula is C67H60N5OPt-3. The van der Waals surface area contributed by atoms with Gasteiger partial charge in [-0.15, -0.1) is 53.6 Å². The standard InChI is InChI=1S/C67H60N5O.Pt/c1-43-32-64(68-41-57(43)44-20-12-11-13-21-44)72-60-31-28-48(71-58-24-16-14-22-53(58)54-23-15-17-25-59(54)71)39-56(60)55-30-29-51(40-63(55)72)73-52-37-47(67(8,9)10)36-50(38-52)70-42-69(61-26-18-19-27-62(61)70)49-34-45(65(2,3)4)33-46(35-49)66(5,6)7;/h11-37,39,41-42H,1-10H3;/q-3;. The molecule has 0 saturated heterocycles. The second-order valence-electron chi connectivity index (χ2n) is 22.8. The third-order valence-corrected chi connectivity index (χ3v) is 14.6. The molecule has 0 atom stereocenters. The Balaban J connectivity index is 0.00000588. The largest absolute Gasteiger partial charge is 0.509 e. The number of hydrogen-bond acceptors (Lipinski definition) is 4. The van der Waals surface area contributed by atoms with Crippen LogP contribution in [0.1, 0.15) is 84.6 Å². The van der Waals surface area contributed by atoms with Gasteiger partial charge in [0, 0.05) is 83.4 Å². The van der Waals surface area contributed by atoms with Crippen LogP contribution in [0.25, 0.3) is 66.2 Å². The van der Waals surface area contributed by atoms with E-state index in [9.17, 15) is 0 Å². The molecule has 11 aromatic rings. The zero-order valence-electron chi connectivity index (χ0n) is 43.8. The predicted octanol–water partition coefficient (Wildman–Crippen LogP) is 17.9. The minimum Gasteiger partial charge on any atom is -0.509 e. The van der Waals surface area contributed by atoms with Gasteiger partial charge in [0.1, 0.15) is 5.82 Å². The van der Waals surface area contributed by atoms with E-state index in [0.717, 1.165) is 78.3 Å². The monoisotopic (exact) mass is 1150 g/mol. The van der Waals surface area contributed by atoms with Crippen LogP contribution in [0.4, 0.5) is 22.7 Å². The maximum absolute atomic E-state index is 6.99. The molecule has 4 heterocycles. The van der Waals surface area contributed by atoms with E-state index < -0.39 is 0 Å². The number of rotatable bonds is 7. The van der Waals surface area contributed by atoms with Crippen LogP contribution in [0.5, 0.6) is 11.5 Å². The van der Waals surface area contributed by atoms with Crippen LogP contribution in [0.3, 0.4) is 0 Å². The zero-order valence-corrected chi connectivity index (χ0v) is 46.1. The second-order valence-corrected chi connectivity index (χ2v) is 22.8. The minimum atomic E-state index is -0.187. The quantitative estimate of drug-likeness (QED) is 0.149. The van der Waals surface area contributed by atoms with Gasteiger partial charge in [0.15, 0.2) is 0 Å². The van der Waals surface area contributed by atoms with Gasteiger partial charge in [0.25, 0.3) is 0 Å². The van der Waals surface area contributed by atoms with E-state index in [1.807, 2.05) is 18.3 Å². The summed E-state index contributed by atoms with van der Waals surface area (Å²) in [6.07, 6.45) is 2.00. The molecule has 1 aliphatic rings. The van der Waals surface area contributed by atoms with Crippen LogP contribution in [0.2, 0.25) is 0 Å². The van der Waals surface area contributed by atoms with Crippen molar-refractivity contribution in [2.75, 3.05) is 9.80 Å². The van der Waals surface area contributed by atoms with Crippen LogP contribution < -0.4 is 14.5 Å². The number of aromatic nitrogens is 3. The average molecular weight is 1150 g/mol. The number of pyridine rings is 1. The normalized spacial score (nSPS) is 13.1. The summed E-state index contributed by atoms with van der Waals surface area (Å²) >= 11 is 0. The molecule has 0 spiro atoms. The molecule has 0 bridgehead atoms. The SMILES string of the molecule is Cc1cc(-n2c3[c-]c(Oc4[c-]c(N5[CH-]N(c6cc(C(C)(C)C)cc(C(C)(C)C)c6)c6ccccc65)cc(C(C)(C)C)c4)ccc3c3cc(-n4c5ccccc5c5ccccc54)ccc32)ncc1-c1ccccc1.[Pt]. The molecule has 12 rings (SSSR count). The number of hydrogen-bond donors (Lipinski definition) is 0. The van der Waals surface area contributed by atoms with Crippen molar-refractivity contribution in [2.45, 2.75) is 85.5 Å². The molecule has 372 valence electrons. The Kier molecular flexibility index (Phi) is 12.0. The van der Waals surface area contributed by atoms with Crippen LogP contribution in [-0.4, -0.2) is 14.1 Å². The Morgan fingerprint density at radius 1 is 0.473 bits per heavy atom. The molecule has 0 unspecified atom stereocenters. The third kappa shape index (κ3) is 8.57. The van der Waals surface area contributed by atoms with E-state index in [1.165, 1.54) is 32.9 Å². The summed E-state index contributed by atoms with van der Waals surface area (Å²) in [4.78, 5) is 9.76. The van der Waals surface area contributed by atoms with Crippen molar-refractivity contribution in [3.05, 3.63) is 217 Å². The molecule has 0 fully saturated rings. The van der Waals surface area contributed by atoms with Crippen molar-refractivity contribution >= 4 is 66.4 Å². The van der Waals surface area contributed by atoms with Crippen molar-refractivity contribution < 1.29 is 25.8 Å². The number of ether oxygens (including phenoxy) is 1. The summed E-state index contributed by atoms with van der Waals surface area (Å²) in [6, 6.07) is 68.6. The molecule has 0 N–H and O–H groups in total. The predicted molar refractivity (Wildman–Crippen MR) is 305 cm³/mol. The Labute approximate surface area is 450 Å². The number of fused-ring (bicyclic) bond motifs is 7. The van der Waals surface area contributed by atoms with Gasteiger partial charge in [0.2, 0.25) is 0 Å². The minimum absolute atomic E-state index is 0. The Morgan fingerprint density at radius 2 is 1.05 bits per heavy atom. The van der Waals surface area contributed by atoms with Gasteiger partial charge < -0.3 is 23.7 Å². The summed E-state index contributed by atoms with van der Waals surface area (Å²) in [5, 5.41) is 4.62. The van der Waals surface area contributed by atoms with Gasteiger partial charge in [-0.25, -0.2) is 4.98 Å².